The standard InChI is InChI=1S/C24H32ClN3O3/c1-4-15-26-22(28-27-17-19-8-5-9-20(25)16-19)10-6-7-18-11-13-21(14-12-18)31-24(2,3)23(29)30/h5,8-9,11-14,16,27H,4,6-7,10,15,17H2,1-3H3,(H,26,28)(H,29,30). The highest BCUT2D eigenvalue weighted by Gasteiger charge is 2.29. The van der Waals surface area contributed by atoms with E-state index < -0.39 is 11.6 Å². The van der Waals surface area contributed by atoms with Gasteiger partial charge in [-0.05, 0) is 68.5 Å². The molecule has 168 valence electrons. The summed E-state index contributed by atoms with van der Waals surface area (Å²) < 4.78 is 5.55. The third kappa shape index (κ3) is 8.89. The van der Waals surface area contributed by atoms with Crippen molar-refractivity contribution in [2.24, 2.45) is 5.10 Å². The second kappa shape index (κ2) is 12.2. The fraction of sp³-hybridized carbons (Fsp3) is 0.417. The smallest absolute Gasteiger partial charge is 0.347 e. The molecule has 0 saturated heterocycles. The highest BCUT2D eigenvalue weighted by Crippen LogP contribution is 2.20. The molecule has 0 saturated carbocycles. The summed E-state index contributed by atoms with van der Waals surface area (Å²) in [7, 11) is 0. The second-order valence-corrected chi connectivity index (χ2v) is 8.30. The summed E-state index contributed by atoms with van der Waals surface area (Å²) in [5.41, 5.74) is 4.12. The minimum absolute atomic E-state index is 0.549. The van der Waals surface area contributed by atoms with Crippen molar-refractivity contribution in [1.29, 1.82) is 0 Å². The third-order valence-corrected chi connectivity index (χ3v) is 4.89. The van der Waals surface area contributed by atoms with Gasteiger partial charge in [0.2, 0.25) is 0 Å². The quantitative estimate of drug-likeness (QED) is 0.243. The number of halogens is 1. The maximum atomic E-state index is 11.2. The van der Waals surface area contributed by atoms with Gasteiger partial charge in [0.25, 0.3) is 0 Å². The van der Waals surface area contributed by atoms with Gasteiger partial charge in [0.1, 0.15) is 11.6 Å². The molecule has 0 aromatic heterocycles. The lowest BCUT2D eigenvalue weighted by atomic mass is 10.1. The summed E-state index contributed by atoms with van der Waals surface area (Å²) in [6, 6.07) is 15.3. The van der Waals surface area contributed by atoms with Crippen LogP contribution in [0.4, 0.5) is 0 Å². The number of benzene rings is 2. The van der Waals surface area contributed by atoms with E-state index in [4.69, 9.17) is 16.3 Å². The molecule has 6 nitrogen and oxygen atoms in total. The fourth-order valence-electron chi connectivity index (χ4n) is 2.85. The Morgan fingerprint density at radius 2 is 1.90 bits per heavy atom. The molecule has 0 atom stereocenters. The predicted molar refractivity (Wildman–Crippen MR) is 126 cm³/mol. The zero-order valence-corrected chi connectivity index (χ0v) is 19.2. The van der Waals surface area contributed by atoms with Crippen LogP contribution in [0.1, 0.15) is 51.2 Å². The number of nitrogens with zero attached hydrogens (tertiary/aromatic N) is 1. The van der Waals surface area contributed by atoms with Crippen molar-refractivity contribution < 1.29 is 14.6 Å². The number of carboxylic acids is 1. The number of aliphatic carboxylic acids is 1. The molecule has 0 aliphatic rings. The van der Waals surface area contributed by atoms with E-state index in [1.54, 1.807) is 0 Å². The van der Waals surface area contributed by atoms with E-state index in [0.29, 0.717) is 12.3 Å². The van der Waals surface area contributed by atoms with Crippen molar-refractivity contribution in [2.75, 3.05) is 6.54 Å². The van der Waals surface area contributed by atoms with Gasteiger partial charge in [-0.1, -0.05) is 42.8 Å². The number of hydrogen-bond donors (Lipinski definition) is 3. The molecule has 2 aromatic rings. The van der Waals surface area contributed by atoms with Crippen molar-refractivity contribution in [3.63, 3.8) is 0 Å². The van der Waals surface area contributed by atoms with Crippen molar-refractivity contribution in [3.8, 4) is 5.75 Å². The van der Waals surface area contributed by atoms with Crippen LogP contribution in [0.25, 0.3) is 0 Å². The van der Waals surface area contributed by atoms with Crippen molar-refractivity contribution in [1.82, 2.24) is 10.7 Å². The summed E-state index contributed by atoms with van der Waals surface area (Å²) >= 11 is 6.03. The van der Waals surface area contributed by atoms with E-state index in [1.807, 2.05) is 48.5 Å². The SMILES string of the molecule is CCCN/C(CCCc1ccc(OC(C)(C)C(=O)O)cc1)=N\NCc1cccc(Cl)c1. The molecule has 0 radical (unpaired) electrons. The van der Waals surface area contributed by atoms with Crippen LogP contribution in [0.15, 0.2) is 53.6 Å². The van der Waals surface area contributed by atoms with Crippen molar-refractivity contribution in [2.45, 2.75) is 58.6 Å². The molecule has 7 heteroatoms. The van der Waals surface area contributed by atoms with Gasteiger partial charge in [-0.2, -0.15) is 5.10 Å². The minimum atomic E-state index is -1.25. The highest BCUT2D eigenvalue weighted by atomic mass is 35.5. The van der Waals surface area contributed by atoms with Crippen LogP contribution in [-0.2, 0) is 17.8 Å². The molecule has 0 aliphatic heterocycles. The van der Waals surface area contributed by atoms with E-state index in [1.165, 1.54) is 19.4 Å². The monoisotopic (exact) mass is 445 g/mol. The van der Waals surface area contributed by atoms with Gasteiger partial charge in [-0.15, -0.1) is 0 Å². The van der Waals surface area contributed by atoms with Gasteiger partial charge in [-0.25, -0.2) is 4.79 Å². The predicted octanol–water partition coefficient (Wildman–Crippen LogP) is 5.01. The lowest BCUT2D eigenvalue weighted by Crippen LogP contribution is -2.37. The Morgan fingerprint density at radius 1 is 1.16 bits per heavy atom. The first kappa shape index (κ1) is 24.5. The summed E-state index contributed by atoms with van der Waals surface area (Å²) in [5, 5.41) is 17.8. The van der Waals surface area contributed by atoms with E-state index in [-0.39, 0.29) is 0 Å². The second-order valence-electron chi connectivity index (χ2n) is 7.87. The Labute approximate surface area is 189 Å². The molecule has 0 amide bonds. The van der Waals surface area contributed by atoms with Gasteiger partial charge in [0, 0.05) is 18.0 Å². The van der Waals surface area contributed by atoms with Gasteiger partial charge in [0.05, 0.1) is 6.54 Å². The first-order valence-corrected chi connectivity index (χ1v) is 11.0. The average molecular weight is 446 g/mol. The van der Waals surface area contributed by atoms with E-state index >= 15 is 0 Å². The molecule has 2 aromatic carbocycles. The van der Waals surface area contributed by atoms with E-state index in [2.05, 4.69) is 22.8 Å². The Balaban J connectivity index is 1.85. The van der Waals surface area contributed by atoms with E-state index in [9.17, 15) is 9.90 Å². The Kier molecular flexibility index (Phi) is 9.66. The number of rotatable bonds is 12. The molecule has 3 N–H and O–H groups in total. The number of amidine groups is 1. The van der Waals surface area contributed by atoms with Gasteiger partial charge >= 0.3 is 5.97 Å². The van der Waals surface area contributed by atoms with Crippen molar-refractivity contribution in [3.05, 3.63) is 64.7 Å². The number of carboxylic acid groups (broad SMARTS) is 1. The van der Waals surface area contributed by atoms with Crippen LogP contribution < -0.4 is 15.5 Å². The topological polar surface area (TPSA) is 83.0 Å². The zero-order valence-electron chi connectivity index (χ0n) is 18.5. The summed E-state index contributed by atoms with van der Waals surface area (Å²) in [6.45, 7) is 6.69. The van der Waals surface area contributed by atoms with Crippen LogP contribution in [0.2, 0.25) is 5.02 Å². The largest absolute Gasteiger partial charge is 0.478 e. The molecule has 2 rings (SSSR count). The Hall–Kier alpha value is -2.73. The molecule has 0 unspecified atom stereocenters. The fourth-order valence-corrected chi connectivity index (χ4v) is 3.06. The Morgan fingerprint density at radius 3 is 2.55 bits per heavy atom. The first-order chi connectivity index (χ1) is 14.8. The van der Waals surface area contributed by atoms with Crippen LogP contribution in [0.5, 0.6) is 5.75 Å². The molecule has 0 bridgehead atoms. The maximum absolute atomic E-state index is 11.2. The zero-order chi connectivity index (χ0) is 22.7. The van der Waals surface area contributed by atoms with Crippen LogP contribution in [0.3, 0.4) is 0 Å². The average Bonchev–Trinajstić information content (AvgIpc) is 2.72. The maximum Gasteiger partial charge on any atom is 0.347 e. The molecular formula is C24H32ClN3O3. The molecule has 0 aliphatic carbocycles. The number of aryl methyl sites for hydroxylation is 1. The number of carbonyl (C=O) groups is 1. The van der Waals surface area contributed by atoms with Crippen LogP contribution >= 0.6 is 11.6 Å². The lowest BCUT2D eigenvalue weighted by Gasteiger charge is -2.21. The summed E-state index contributed by atoms with van der Waals surface area (Å²) in [6.07, 6.45) is 3.69. The van der Waals surface area contributed by atoms with Gasteiger partial charge < -0.3 is 20.6 Å². The van der Waals surface area contributed by atoms with Crippen LogP contribution in [-0.4, -0.2) is 29.1 Å². The Bertz CT molecular complexity index is 867. The molecule has 0 fully saturated rings. The molecular weight excluding hydrogens is 414 g/mol. The summed E-state index contributed by atoms with van der Waals surface area (Å²) in [4.78, 5) is 11.2. The highest BCUT2D eigenvalue weighted by molar-refractivity contribution is 6.30. The number of nitrogens with one attached hydrogen (secondary N) is 2. The molecule has 31 heavy (non-hydrogen) atoms. The first-order valence-electron chi connectivity index (χ1n) is 10.6. The molecule has 0 heterocycles. The number of hydrazone groups is 1. The lowest BCUT2D eigenvalue weighted by molar-refractivity contribution is -0.152. The number of ether oxygens (including phenoxy) is 1. The number of hydrogen-bond acceptors (Lipinski definition) is 4. The third-order valence-electron chi connectivity index (χ3n) is 4.66. The van der Waals surface area contributed by atoms with Gasteiger partial charge in [0.15, 0.2) is 5.60 Å². The van der Waals surface area contributed by atoms with Gasteiger partial charge in [-0.3, -0.25) is 0 Å². The summed E-state index contributed by atoms with van der Waals surface area (Å²) in [5.74, 6) is 0.493. The van der Waals surface area contributed by atoms with Crippen molar-refractivity contribution >= 4 is 23.4 Å². The minimum Gasteiger partial charge on any atom is -0.478 e. The van der Waals surface area contributed by atoms with E-state index in [0.717, 1.165) is 48.6 Å². The molecule has 0 spiro atoms. The van der Waals surface area contributed by atoms with Crippen LogP contribution in [0, 0.1) is 0 Å². The normalized spacial score (nSPS) is 11.8.